The summed E-state index contributed by atoms with van der Waals surface area (Å²) >= 11 is 10.7. The third-order valence-electron chi connectivity index (χ3n) is 3.05. The zero-order valence-electron chi connectivity index (χ0n) is 13.1. The van der Waals surface area contributed by atoms with E-state index < -0.39 is 0 Å². The highest BCUT2D eigenvalue weighted by Crippen LogP contribution is 2.29. The van der Waals surface area contributed by atoms with E-state index in [1.165, 1.54) is 18.7 Å². The maximum atomic E-state index is 12.4. The first kappa shape index (κ1) is 18.8. The Kier molecular flexibility index (Phi) is 6.71. The largest absolute Gasteiger partial charge is 0.325 e. The Balaban J connectivity index is 2.09. The molecule has 0 saturated heterocycles. The number of hydrogen-bond acceptors (Lipinski definition) is 3. The molecule has 2 aromatic rings. The number of amides is 2. The van der Waals surface area contributed by atoms with Crippen LogP contribution in [0.2, 0.25) is 5.02 Å². The molecule has 4 nitrogen and oxygen atoms in total. The van der Waals surface area contributed by atoms with Crippen molar-refractivity contribution in [1.82, 2.24) is 0 Å². The molecule has 2 N–H and O–H groups in total. The van der Waals surface area contributed by atoms with Crippen LogP contribution >= 0.6 is 39.3 Å². The van der Waals surface area contributed by atoms with E-state index in [9.17, 15) is 9.59 Å². The predicted octanol–water partition coefficient (Wildman–Crippen LogP) is 5.18. The Morgan fingerprint density at radius 3 is 2.38 bits per heavy atom. The van der Waals surface area contributed by atoms with Gasteiger partial charge in [0.1, 0.15) is 0 Å². The molecule has 2 amide bonds. The van der Waals surface area contributed by atoms with Crippen LogP contribution in [0.3, 0.4) is 0 Å². The van der Waals surface area contributed by atoms with Crippen molar-refractivity contribution >= 4 is 62.5 Å². The summed E-state index contributed by atoms with van der Waals surface area (Å²) in [6.07, 6.45) is 0. The van der Waals surface area contributed by atoms with Crippen LogP contribution in [0.4, 0.5) is 11.4 Å². The fraction of sp³-hybridized carbons (Fsp3) is 0.176. The first-order chi connectivity index (χ1) is 11.3. The first-order valence-electron chi connectivity index (χ1n) is 7.15. The van der Waals surface area contributed by atoms with Gasteiger partial charge in [-0.15, -0.1) is 11.8 Å². The van der Waals surface area contributed by atoms with Gasteiger partial charge in [-0.25, -0.2) is 0 Å². The molecule has 0 aliphatic carbocycles. The van der Waals surface area contributed by atoms with E-state index in [1.807, 2.05) is 19.1 Å². The summed E-state index contributed by atoms with van der Waals surface area (Å²) < 4.78 is 0.810. The third-order valence-corrected chi connectivity index (χ3v) is 4.90. The van der Waals surface area contributed by atoms with Crippen molar-refractivity contribution in [1.29, 1.82) is 0 Å². The highest BCUT2D eigenvalue weighted by molar-refractivity contribution is 9.10. The molecule has 0 aliphatic rings. The minimum Gasteiger partial charge on any atom is -0.325 e. The third kappa shape index (κ3) is 5.54. The van der Waals surface area contributed by atoms with Crippen LogP contribution in [0.1, 0.15) is 13.8 Å². The smallest absolute Gasteiger partial charge is 0.237 e. The lowest BCUT2D eigenvalue weighted by Gasteiger charge is -2.15. The molecule has 0 aliphatic heterocycles. The quantitative estimate of drug-likeness (QED) is 0.646. The van der Waals surface area contributed by atoms with Gasteiger partial charge in [-0.3, -0.25) is 9.59 Å². The average Bonchev–Trinajstić information content (AvgIpc) is 2.51. The van der Waals surface area contributed by atoms with Crippen molar-refractivity contribution in [3.63, 3.8) is 0 Å². The highest BCUT2D eigenvalue weighted by Gasteiger charge is 2.16. The maximum Gasteiger partial charge on any atom is 0.237 e. The molecule has 0 fully saturated rings. The molecule has 7 heteroatoms. The van der Waals surface area contributed by atoms with E-state index >= 15 is 0 Å². The second kappa shape index (κ2) is 8.55. The Bertz CT molecular complexity index is 753. The molecule has 1 atom stereocenters. The lowest BCUT2D eigenvalue weighted by molar-refractivity contribution is -0.116. The molecular weight excluding hydrogens is 412 g/mol. The van der Waals surface area contributed by atoms with E-state index in [4.69, 9.17) is 11.6 Å². The number of rotatable bonds is 5. The van der Waals surface area contributed by atoms with Gasteiger partial charge in [0.05, 0.1) is 16.6 Å². The minimum absolute atomic E-state index is 0.153. The van der Waals surface area contributed by atoms with Gasteiger partial charge >= 0.3 is 0 Å². The van der Waals surface area contributed by atoms with Gasteiger partial charge in [0, 0.05) is 21.3 Å². The van der Waals surface area contributed by atoms with Crippen LogP contribution in [-0.2, 0) is 9.59 Å². The number of halogens is 2. The van der Waals surface area contributed by atoms with Crippen LogP contribution in [0.25, 0.3) is 0 Å². The molecule has 1 unspecified atom stereocenters. The van der Waals surface area contributed by atoms with Crippen molar-refractivity contribution < 1.29 is 9.59 Å². The minimum atomic E-state index is -0.310. The highest BCUT2D eigenvalue weighted by atomic mass is 79.9. The molecule has 0 aromatic heterocycles. The average molecular weight is 428 g/mol. The summed E-state index contributed by atoms with van der Waals surface area (Å²) in [4.78, 5) is 24.7. The van der Waals surface area contributed by atoms with E-state index in [0.29, 0.717) is 16.4 Å². The van der Waals surface area contributed by atoms with Crippen LogP contribution < -0.4 is 10.6 Å². The molecule has 2 rings (SSSR count). The molecule has 0 radical (unpaired) electrons. The number of hydrogen-bond donors (Lipinski definition) is 2. The number of carbonyl (C=O) groups is 2. The summed E-state index contributed by atoms with van der Waals surface area (Å²) in [6, 6.07) is 12.6. The van der Waals surface area contributed by atoms with Crippen molar-refractivity contribution in [2.45, 2.75) is 24.0 Å². The van der Waals surface area contributed by atoms with Gasteiger partial charge in [0.25, 0.3) is 0 Å². The fourth-order valence-electron chi connectivity index (χ4n) is 1.92. The standard InChI is InChI=1S/C17H16BrClN2O2S/c1-10(24-14-6-4-13(19)5-7-14)17(23)21-16-9-12(18)3-8-15(16)20-11(2)22/h3-10H,1-2H3,(H,20,22)(H,21,23). The van der Waals surface area contributed by atoms with Gasteiger partial charge in [-0.05, 0) is 49.4 Å². The van der Waals surface area contributed by atoms with Gasteiger partial charge in [-0.1, -0.05) is 27.5 Å². The van der Waals surface area contributed by atoms with E-state index in [2.05, 4.69) is 26.6 Å². The molecule has 0 saturated carbocycles. The van der Waals surface area contributed by atoms with Gasteiger partial charge in [-0.2, -0.15) is 0 Å². The number of nitrogens with one attached hydrogen (secondary N) is 2. The van der Waals surface area contributed by atoms with Crippen molar-refractivity contribution in [2.24, 2.45) is 0 Å². The topological polar surface area (TPSA) is 58.2 Å². The van der Waals surface area contributed by atoms with Crippen molar-refractivity contribution in [3.8, 4) is 0 Å². The van der Waals surface area contributed by atoms with Crippen LogP contribution in [-0.4, -0.2) is 17.1 Å². The van der Waals surface area contributed by atoms with Gasteiger partial charge in [0.2, 0.25) is 11.8 Å². The second-order valence-electron chi connectivity index (χ2n) is 5.07. The van der Waals surface area contributed by atoms with E-state index in [1.54, 1.807) is 30.3 Å². The molecule has 126 valence electrons. The Hall–Kier alpha value is -1.50. The SMILES string of the molecule is CC(=O)Nc1ccc(Br)cc1NC(=O)C(C)Sc1ccc(Cl)cc1. The van der Waals surface area contributed by atoms with Gasteiger partial charge < -0.3 is 10.6 Å². The summed E-state index contributed by atoms with van der Waals surface area (Å²) in [5.41, 5.74) is 1.11. The molecule has 24 heavy (non-hydrogen) atoms. The lowest BCUT2D eigenvalue weighted by Crippen LogP contribution is -2.23. The number of anilines is 2. The summed E-state index contributed by atoms with van der Waals surface area (Å²) in [5.74, 6) is -0.351. The summed E-state index contributed by atoms with van der Waals surface area (Å²) in [5, 5.41) is 5.91. The zero-order chi connectivity index (χ0) is 17.7. The molecule has 0 heterocycles. The molecule has 0 spiro atoms. The van der Waals surface area contributed by atoms with Crippen molar-refractivity contribution in [3.05, 3.63) is 52.0 Å². The van der Waals surface area contributed by atoms with Crippen LogP contribution in [0, 0.1) is 0 Å². The Morgan fingerprint density at radius 1 is 1.08 bits per heavy atom. The van der Waals surface area contributed by atoms with Gasteiger partial charge in [0.15, 0.2) is 0 Å². The second-order valence-corrected chi connectivity index (χ2v) is 7.84. The molecule has 2 aromatic carbocycles. The lowest BCUT2D eigenvalue weighted by atomic mass is 10.2. The molecule has 0 bridgehead atoms. The normalized spacial score (nSPS) is 11.7. The Morgan fingerprint density at radius 2 is 1.75 bits per heavy atom. The monoisotopic (exact) mass is 426 g/mol. The number of thioether (sulfide) groups is 1. The summed E-state index contributed by atoms with van der Waals surface area (Å²) in [6.45, 7) is 3.25. The number of carbonyl (C=O) groups excluding carboxylic acids is 2. The Labute approximate surface area is 158 Å². The van der Waals surface area contributed by atoms with Crippen LogP contribution in [0.5, 0.6) is 0 Å². The van der Waals surface area contributed by atoms with Crippen LogP contribution in [0.15, 0.2) is 51.8 Å². The zero-order valence-corrected chi connectivity index (χ0v) is 16.3. The fourth-order valence-corrected chi connectivity index (χ4v) is 3.28. The maximum absolute atomic E-state index is 12.4. The number of benzene rings is 2. The summed E-state index contributed by atoms with van der Waals surface area (Å²) in [7, 11) is 0. The first-order valence-corrected chi connectivity index (χ1v) is 9.20. The predicted molar refractivity (Wildman–Crippen MR) is 104 cm³/mol. The molecular formula is C17H16BrClN2O2S. The van der Waals surface area contributed by atoms with Crippen molar-refractivity contribution in [2.75, 3.05) is 10.6 Å². The van der Waals surface area contributed by atoms with E-state index in [0.717, 1.165) is 9.37 Å². The van der Waals surface area contributed by atoms with E-state index in [-0.39, 0.29) is 17.1 Å².